The fourth-order valence-corrected chi connectivity index (χ4v) is 5.99. The fraction of sp³-hybridized carbons (Fsp3) is 0.667. The molecule has 0 amide bonds. The second-order valence-corrected chi connectivity index (χ2v) is 10.1. The molecule has 3 aliphatic rings. The van der Waals surface area contributed by atoms with Gasteiger partial charge in [0.15, 0.2) is 0 Å². The average Bonchev–Trinajstić information content (AvgIpc) is 3.14. The number of hydrogen-bond acceptors (Lipinski definition) is 5. The molecule has 1 spiro atoms. The molecule has 3 aliphatic heterocycles. The van der Waals surface area contributed by atoms with Gasteiger partial charge < -0.3 is 15.1 Å². The van der Waals surface area contributed by atoms with Crippen LogP contribution < -0.4 is 10.2 Å². The number of halogens is 3. The Bertz CT molecular complexity index is 946. The number of benzene rings is 1. The van der Waals surface area contributed by atoms with Gasteiger partial charge in [-0.3, -0.25) is 9.97 Å². The second-order valence-electron chi connectivity index (χ2n) is 10.1. The number of alkyl halides is 3. The van der Waals surface area contributed by atoms with E-state index in [1.165, 1.54) is 38.1 Å². The molecule has 2 atom stereocenters. The van der Waals surface area contributed by atoms with Crippen molar-refractivity contribution >= 4 is 16.7 Å². The smallest absolute Gasteiger partial charge is 0.369 e. The van der Waals surface area contributed by atoms with Crippen LogP contribution in [0.1, 0.15) is 38.2 Å². The first-order valence-electron chi connectivity index (χ1n) is 11.8. The quantitative estimate of drug-likeness (QED) is 0.765. The van der Waals surface area contributed by atoms with Gasteiger partial charge in [-0.15, -0.1) is 0 Å². The van der Waals surface area contributed by atoms with E-state index >= 15 is 0 Å². The van der Waals surface area contributed by atoms with Gasteiger partial charge in [-0.1, -0.05) is 6.92 Å². The van der Waals surface area contributed by atoms with E-state index in [0.29, 0.717) is 22.8 Å². The van der Waals surface area contributed by atoms with Crippen LogP contribution in [-0.2, 0) is 6.18 Å². The van der Waals surface area contributed by atoms with E-state index in [4.69, 9.17) is 0 Å². The lowest BCUT2D eigenvalue weighted by Gasteiger charge is -2.45. The molecule has 174 valence electrons. The van der Waals surface area contributed by atoms with Crippen LogP contribution in [0.4, 0.5) is 18.9 Å². The predicted molar refractivity (Wildman–Crippen MR) is 120 cm³/mol. The van der Waals surface area contributed by atoms with Gasteiger partial charge in [-0.05, 0) is 81.2 Å². The minimum absolute atomic E-state index is 0.0584. The summed E-state index contributed by atoms with van der Waals surface area (Å²) in [5.41, 5.74) is 0.890. The molecule has 5 rings (SSSR count). The molecule has 0 unspecified atom stereocenters. The van der Waals surface area contributed by atoms with Gasteiger partial charge in [0.1, 0.15) is 11.0 Å². The van der Waals surface area contributed by atoms with Crippen LogP contribution in [0.3, 0.4) is 0 Å². The summed E-state index contributed by atoms with van der Waals surface area (Å²) in [5.74, 6) is 0.991. The van der Waals surface area contributed by atoms with Crippen LogP contribution in [-0.4, -0.2) is 60.7 Å². The Morgan fingerprint density at radius 2 is 1.69 bits per heavy atom. The molecular formula is C24H32F3N5. The highest BCUT2D eigenvalue weighted by Gasteiger charge is 2.39. The molecule has 3 saturated heterocycles. The zero-order valence-corrected chi connectivity index (χ0v) is 18.7. The molecule has 2 aromatic rings. The summed E-state index contributed by atoms with van der Waals surface area (Å²) in [6.45, 7) is 9.65. The first kappa shape index (κ1) is 21.9. The molecular weight excluding hydrogens is 415 g/mol. The second kappa shape index (κ2) is 8.45. The molecule has 32 heavy (non-hydrogen) atoms. The monoisotopic (exact) mass is 447 g/mol. The molecule has 1 N–H and O–H groups in total. The molecule has 1 aromatic heterocycles. The molecule has 5 nitrogen and oxygen atoms in total. The summed E-state index contributed by atoms with van der Waals surface area (Å²) >= 11 is 0. The van der Waals surface area contributed by atoms with Crippen molar-refractivity contribution < 1.29 is 13.2 Å². The highest BCUT2D eigenvalue weighted by Crippen LogP contribution is 2.41. The third-order valence-corrected chi connectivity index (χ3v) is 8.09. The van der Waals surface area contributed by atoms with Crippen molar-refractivity contribution in [3.8, 4) is 0 Å². The topological polar surface area (TPSA) is 44.3 Å². The van der Waals surface area contributed by atoms with Crippen LogP contribution in [0, 0.1) is 17.3 Å². The minimum atomic E-state index is -4.44. The molecule has 4 heterocycles. The maximum Gasteiger partial charge on any atom is 0.418 e. The minimum Gasteiger partial charge on any atom is -0.369 e. The van der Waals surface area contributed by atoms with Crippen molar-refractivity contribution in [2.45, 2.75) is 38.8 Å². The fourth-order valence-electron chi connectivity index (χ4n) is 5.99. The Hall–Kier alpha value is -1.93. The lowest BCUT2D eigenvalue weighted by Crippen LogP contribution is -2.47. The van der Waals surface area contributed by atoms with E-state index in [-0.39, 0.29) is 5.52 Å². The van der Waals surface area contributed by atoms with Crippen molar-refractivity contribution in [2.75, 3.05) is 50.7 Å². The maximum atomic E-state index is 13.5. The van der Waals surface area contributed by atoms with Gasteiger partial charge in [0.05, 0.1) is 11.3 Å². The summed E-state index contributed by atoms with van der Waals surface area (Å²) in [6.07, 6.45) is 3.56. The summed E-state index contributed by atoms with van der Waals surface area (Å²) in [7, 11) is 0. The van der Waals surface area contributed by atoms with E-state index < -0.39 is 11.7 Å². The Labute approximate surface area is 187 Å². The lowest BCUT2D eigenvalue weighted by atomic mass is 9.71. The highest BCUT2D eigenvalue weighted by atomic mass is 19.4. The number of rotatable bonds is 3. The van der Waals surface area contributed by atoms with E-state index in [9.17, 15) is 13.2 Å². The largest absolute Gasteiger partial charge is 0.418 e. The number of fused-ring (bicyclic) bond motifs is 1. The average molecular weight is 448 g/mol. The van der Waals surface area contributed by atoms with E-state index in [0.717, 1.165) is 57.6 Å². The number of piperidine rings is 2. The maximum absolute atomic E-state index is 13.5. The molecule has 8 heteroatoms. The van der Waals surface area contributed by atoms with Crippen LogP contribution in [0.2, 0.25) is 0 Å². The van der Waals surface area contributed by atoms with Crippen molar-refractivity contribution in [3.63, 3.8) is 0 Å². The van der Waals surface area contributed by atoms with Gasteiger partial charge in [0, 0.05) is 32.0 Å². The zero-order chi connectivity index (χ0) is 22.3. The summed E-state index contributed by atoms with van der Waals surface area (Å²) in [6, 6.07) is 2.74. The number of nitrogens with zero attached hydrogens (tertiary/aromatic N) is 4. The zero-order valence-electron chi connectivity index (χ0n) is 18.7. The van der Waals surface area contributed by atoms with Gasteiger partial charge in [0.25, 0.3) is 0 Å². The van der Waals surface area contributed by atoms with Gasteiger partial charge in [-0.25, -0.2) is 0 Å². The van der Waals surface area contributed by atoms with Crippen LogP contribution in [0.25, 0.3) is 11.0 Å². The summed E-state index contributed by atoms with van der Waals surface area (Å²) in [5, 5.41) is 3.49. The van der Waals surface area contributed by atoms with Crippen molar-refractivity contribution in [1.29, 1.82) is 0 Å². The molecule has 0 saturated carbocycles. The van der Waals surface area contributed by atoms with Crippen LogP contribution in [0.15, 0.2) is 24.5 Å². The Kier molecular flexibility index (Phi) is 5.78. The highest BCUT2D eigenvalue weighted by molar-refractivity contribution is 5.90. The van der Waals surface area contributed by atoms with Crippen LogP contribution in [0.5, 0.6) is 0 Å². The predicted octanol–water partition coefficient (Wildman–Crippen LogP) is 4.19. The first-order chi connectivity index (χ1) is 15.3. The summed E-state index contributed by atoms with van der Waals surface area (Å²) in [4.78, 5) is 13.2. The lowest BCUT2D eigenvalue weighted by molar-refractivity contribution is -0.136. The van der Waals surface area contributed by atoms with Crippen molar-refractivity contribution in [3.05, 3.63) is 30.1 Å². The molecule has 1 aromatic carbocycles. The van der Waals surface area contributed by atoms with Crippen molar-refractivity contribution in [2.24, 2.45) is 17.3 Å². The standard InChI is InChI=1S/C24H32F3N5/c1-17-14-32(20-3-2-19(24(25,26)27)21-22(20)30-11-10-29-21)16-18(17)15-31-12-6-23(7-13-31)4-8-28-9-5-23/h2-3,10-11,17-18,28H,4-9,12-16H2,1H3/t17-,18-/m0/s1. The number of hydrogen-bond donors (Lipinski definition) is 1. The number of likely N-dealkylation sites (tertiary alicyclic amines) is 1. The number of nitrogens with one attached hydrogen (secondary N) is 1. The van der Waals surface area contributed by atoms with Gasteiger partial charge in [-0.2, -0.15) is 13.2 Å². The molecule has 0 radical (unpaired) electrons. The SMILES string of the molecule is C[C@H]1CN(c2ccc(C(F)(F)F)c3nccnc23)C[C@@H]1CN1CCC2(CCNCC2)CC1. The third kappa shape index (κ3) is 4.19. The third-order valence-electron chi connectivity index (χ3n) is 8.09. The molecule has 3 fully saturated rings. The van der Waals surface area contributed by atoms with Gasteiger partial charge in [0.2, 0.25) is 0 Å². The Morgan fingerprint density at radius 3 is 2.38 bits per heavy atom. The Balaban J connectivity index is 1.28. The first-order valence-corrected chi connectivity index (χ1v) is 11.8. The van der Waals surface area contributed by atoms with Crippen molar-refractivity contribution in [1.82, 2.24) is 20.2 Å². The molecule has 0 aliphatic carbocycles. The van der Waals surface area contributed by atoms with E-state index in [1.54, 1.807) is 6.07 Å². The van der Waals surface area contributed by atoms with E-state index in [1.807, 2.05) is 0 Å². The van der Waals surface area contributed by atoms with Gasteiger partial charge >= 0.3 is 6.18 Å². The number of anilines is 1. The number of aromatic nitrogens is 2. The van der Waals surface area contributed by atoms with E-state index in [2.05, 4.69) is 32.0 Å². The molecule has 0 bridgehead atoms. The van der Waals surface area contributed by atoms with Crippen LogP contribution >= 0.6 is 0 Å². The Morgan fingerprint density at radius 1 is 1.00 bits per heavy atom. The normalized spacial score (nSPS) is 26.8. The summed E-state index contributed by atoms with van der Waals surface area (Å²) < 4.78 is 40.4.